The maximum Gasteiger partial charge on any atom is 0.330 e. The van der Waals surface area contributed by atoms with Crippen LogP contribution in [0.2, 0.25) is 0 Å². The summed E-state index contributed by atoms with van der Waals surface area (Å²) in [4.78, 5) is 41.6. The van der Waals surface area contributed by atoms with Crippen molar-refractivity contribution in [1.82, 2.24) is 9.55 Å². The molecule has 0 saturated heterocycles. The summed E-state index contributed by atoms with van der Waals surface area (Å²) in [5, 5.41) is 0. The van der Waals surface area contributed by atoms with Gasteiger partial charge < -0.3 is 10.6 Å². The number of carbonyl (C=O) groups excluding carboxylic acids is 1. The first-order chi connectivity index (χ1) is 15.1. The fourth-order valence-corrected chi connectivity index (χ4v) is 4.16. The average Bonchev–Trinajstić information content (AvgIpc) is 2.74. The van der Waals surface area contributed by atoms with Crippen LogP contribution in [0, 0.1) is 0 Å². The Morgan fingerprint density at radius 2 is 1.66 bits per heavy atom. The first-order valence-corrected chi connectivity index (χ1v) is 11.9. The Bertz CT molecular complexity index is 1340. The Labute approximate surface area is 185 Å². The zero-order valence-electron chi connectivity index (χ0n) is 17.7. The van der Waals surface area contributed by atoms with E-state index in [2.05, 4.69) is 4.98 Å². The molecule has 32 heavy (non-hydrogen) atoms. The van der Waals surface area contributed by atoms with Gasteiger partial charge in [0, 0.05) is 18.4 Å². The molecule has 9 nitrogen and oxygen atoms in total. The molecule has 0 saturated carbocycles. The molecule has 10 heteroatoms. The van der Waals surface area contributed by atoms with Gasteiger partial charge in [0.05, 0.1) is 12.3 Å². The van der Waals surface area contributed by atoms with Gasteiger partial charge >= 0.3 is 5.69 Å². The Morgan fingerprint density at radius 3 is 2.22 bits per heavy atom. The number of sulfone groups is 1. The number of hydrogen-bond donors (Lipinski definition) is 2. The van der Waals surface area contributed by atoms with Crippen molar-refractivity contribution in [3.05, 3.63) is 92.1 Å². The van der Waals surface area contributed by atoms with Crippen molar-refractivity contribution in [3.63, 3.8) is 0 Å². The molecule has 0 unspecified atom stereocenters. The molecule has 0 atom stereocenters. The SMILES string of the molecule is CCN(C(=O)c1ccc(CS(C)(=O)=O)cc1)c1c(N)n(Cc2ccccc2)c(=O)[nH]c1=O. The third-order valence-electron chi connectivity index (χ3n) is 4.86. The van der Waals surface area contributed by atoms with E-state index in [9.17, 15) is 22.8 Å². The lowest BCUT2D eigenvalue weighted by atomic mass is 10.1. The molecule has 0 aliphatic heterocycles. The molecule has 1 aromatic heterocycles. The fraction of sp³-hybridized carbons (Fsp3) is 0.227. The van der Waals surface area contributed by atoms with Gasteiger partial charge in [-0.2, -0.15) is 0 Å². The van der Waals surface area contributed by atoms with Gasteiger partial charge in [0.25, 0.3) is 11.5 Å². The normalized spacial score (nSPS) is 11.3. The van der Waals surface area contributed by atoms with E-state index in [1.807, 2.05) is 30.3 Å². The van der Waals surface area contributed by atoms with Crippen molar-refractivity contribution < 1.29 is 13.2 Å². The summed E-state index contributed by atoms with van der Waals surface area (Å²) >= 11 is 0. The fourth-order valence-electron chi connectivity index (χ4n) is 3.37. The van der Waals surface area contributed by atoms with Crippen LogP contribution in [-0.2, 0) is 22.1 Å². The number of carbonyl (C=O) groups is 1. The van der Waals surface area contributed by atoms with Gasteiger partial charge in [0.1, 0.15) is 5.82 Å². The summed E-state index contributed by atoms with van der Waals surface area (Å²) in [5.74, 6) is -0.761. The van der Waals surface area contributed by atoms with Gasteiger partial charge in [-0.3, -0.25) is 19.1 Å². The molecule has 168 valence electrons. The van der Waals surface area contributed by atoms with E-state index in [1.165, 1.54) is 21.6 Å². The van der Waals surface area contributed by atoms with Crippen LogP contribution in [0.1, 0.15) is 28.4 Å². The maximum absolute atomic E-state index is 13.1. The first kappa shape index (κ1) is 23.0. The second kappa shape index (κ2) is 9.23. The highest BCUT2D eigenvalue weighted by Crippen LogP contribution is 2.20. The highest BCUT2D eigenvalue weighted by Gasteiger charge is 2.24. The summed E-state index contributed by atoms with van der Waals surface area (Å²) in [5.41, 5.74) is 6.24. The quantitative estimate of drug-likeness (QED) is 0.551. The van der Waals surface area contributed by atoms with Gasteiger partial charge in [-0.25, -0.2) is 13.2 Å². The molecule has 3 rings (SSSR count). The molecule has 0 bridgehead atoms. The summed E-state index contributed by atoms with van der Waals surface area (Å²) < 4.78 is 24.1. The summed E-state index contributed by atoms with van der Waals surface area (Å²) in [7, 11) is -3.21. The number of H-pyrrole nitrogens is 1. The third-order valence-corrected chi connectivity index (χ3v) is 5.72. The van der Waals surface area contributed by atoms with Gasteiger partial charge in [-0.05, 0) is 30.2 Å². The van der Waals surface area contributed by atoms with Crippen molar-refractivity contribution in [1.29, 1.82) is 0 Å². The highest BCUT2D eigenvalue weighted by atomic mass is 32.2. The molecule has 0 spiro atoms. The Morgan fingerprint density at radius 1 is 1.03 bits per heavy atom. The Balaban J connectivity index is 1.99. The van der Waals surface area contributed by atoms with E-state index in [0.29, 0.717) is 5.56 Å². The predicted octanol–water partition coefficient (Wildman–Crippen LogP) is 1.38. The number of nitrogens with zero attached hydrogens (tertiary/aromatic N) is 2. The van der Waals surface area contributed by atoms with Gasteiger partial charge in [-0.15, -0.1) is 0 Å². The lowest BCUT2D eigenvalue weighted by Crippen LogP contribution is -2.41. The van der Waals surface area contributed by atoms with E-state index in [1.54, 1.807) is 19.1 Å². The van der Waals surface area contributed by atoms with Crippen LogP contribution in [0.4, 0.5) is 11.5 Å². The van der Waals surface area contributed by atoms with Crippen LogP contribution in [0.25, 0.3) is 0 Å². The van der Waals surface area contributed by atoms with Crippen LogP contribution in [0.15, 0.2) is 64.2 Å². The number of benzene rings is 2. The van der Waals surface area contributed by atoms with Crippen LogP contribution >= 0.6 is 0 Å². The number of aromatic amines is 1. The molecule has 1 amide bonds. The Hall–Kier alpha value is -3.66. The molecule has 3 N–H and O–H groups in total. The number of nitrogens with one attached hydrogen (secondary N) is 1. The highest BCUT2D eigenvalue weighted by molar-refractivity contribution is 7.89. The number of hydrogen-bond acceptors (Lipinski definition) is 6. The zero-order chi connectivity index (χ0) is 23.5. The molecular formula is C22H24N4O5S. The largest absolute Gasteiger partial charge is 0.383 e. The number of aromatic nitrogens is 2. The third kappa shape index (κ3) is 5.14. The molecular weight excluding hydrogens is 432 g/mol. The molecule has 0 aliphatic carbocycles. The first-order valence-electron chi connectivity index (χ1n) is 9.85. The number of rotatable bonds is 7. The minimum Gasteiger partial charge on any atom is -0.383 e. The standard InChI is InChI=1S/C22H24N4O5S/c1-3-25(21(28)17-11-9-16(10-12-17)14-32(2,30)31)18-19(23)26(22(29)24-20(18)27)13-15-7-5-4-6-8-15/h4-12H,3,13-14,23H2,1-2H3,(H,24,27,29). The number of anilines is 2. The van der Waals surface area contributed by atoms with Crippen molar-refractivity contribution in [3.8, 4) is 0 Å². The second-order valence-corrected chi connectivity index (χ2v) is 9.52. The van der Waals surface area contributed by atoms with Crippen molar-refractivity contribution in [2.24, 2.45) is 0 Å². The number of nitrogen functional groups attached to an aromatic ring is 1. The van der Waals surface area contributed by atoms with Crippen LogP contribution in [0.5, 0.6) is 0 Å². The van der Waals surface area contributed by atoms with Crippen LogP contribution in [-0.4, -0.2) is 36.7 Å². The van der Waals surface area contributed by atoms with E-state index in [-0.39, 0.29) is 35.9 Å². The van der Waals surface area contributed by atoms with Crippen molar-refractivity contribution in [2.75, 3.05) is 23.4 Å². The molecule has 0 aliphatic rings. The smallest absolute Gasteiger partial charge is 0.330 e. The second-order valence-electron chi connectivity index (χ2n) is 7.38. The van der Waals surface area contributed by atoms with Crippen molar-refractivity contribution >= 4 is 27.2 Å². The Kier molecular flexibility index (Phi) is 6.64. The summed E-state index contributed by atoms with van der Waals surface area (Å²) in [6.45, 7) is 1.93. The van der Waals surface area contributed by atoms with E-state index < -0.39 is 27.0 Å². The summed E-state index contributed by atoms with van der Waals surface area (Å²) in [6, 6.07) is 15.2. The number of nitrogens with two attached hydrogens (primary N) is 1. The van der Waals surface area contributed by atoms with Crippen LogP contribution < -0.4 is 21.9 Å². The zero-order valence-corrected chi connectivity index (χ0v) is 18.6. The van der Waals surface area contributed by atoms with E-state index >= 15 is 0 Å². The number of amides is 1. The molecule has 0 radical (unpaired) electrons. The molecule has 1 heterocycles. The minimum absolute atomic E-state index is 0.117. The van der Waals surface area contributed by atoms with Crippen LogP contribution in [0.3, 0.4) is 0 Å². The minimum atomic E-state index is -3.21. The van der Waals surface area contributed by atoms with Crippen molar-refractivity contribution in [2.45, 2.75) is 19.2 Å². The molecule has 3 aromatic rings. The maximum atomic E-state index is 13.1. The molecule has 0 fully saturated rings. The lowest BCUT2D eigenvalue weighted by Gasteiger charge is -2.23. The van der Waals surface area contributed by atoms with Gasteiger partial charge in [-0.1, -0.05) is 42.5 Å². The predicted molar refractivity (Wildman–Crippen MR) is 124 cm³/mol. The summed E-state index contributed by atoms with van der Waals surface area (Å²) in [6.07, 6.45) is 1.13. The molecule has 2 aromatic carbocycles. The average molecular weight is 457 g/mol. The topological polar surface area (TPSA) is 135 Å². The van der Waals surface area contributed by atoms with Gasteiger partial charge in [0.15, 0.2) is 15.5 Å². The monoisotopic (exact) mass is 456 g/mol. The van der Waals surface area contributed by atoms with E-state index in [4.69, 9.17) is 5.73 Å². The van der Waals surface area contributed by atoms with Gasteiger partial charge in [0.2, 0.25) is 0 Å². The lowest BCUT2D eigenvalue weighted by molar-refractivity contribution is 0.0988. The van der Waals surface area contributed by atoms with E-state index in [0.717, 1.165) is 11.8 Å².